The van der Waals surface area contributed by atoms with Crippen LogP contribution in [-0.2, 0) is 4.79 Å². The molecule has 0 heterocycles. The summed E-state index contributed by atoms with van der Waals surface area (Å²) < 4.78 is 0. The second-order valence-electron chi connectivity index (χ2n) is 2.01. The predicted octanol–water partition coefficient (Wildman–Crippen LogP) is 0.531. The SMILES string of the molecule is C=CC(N)CC(=C)C(=O)O. The van der Waals surface area contributed by atoms with Crippen LogP contribution in [0.2, 0.25) is 0 Å². The molecule has 56 valence electrons. The van der Waals surface area contributed by atoms with Gasteiger partial charge in [-0.05, 0) is 6.42 Å². The number of carboxylic acids is 1. The van der Waals surface area contributed by atoms with Crippen LogP contribution in [0.25, 0.3) is 0 Å². The van der Waals surface area contributed by atoms with Crippen LogP contribution in [0.4, 0.5) is 0 Å². The number of carboxylic acid groups (broad SMARTS) is 1. The zero-order valence-electron chi connectivity index (χ0n) is 5.71. The number of rotatable bonds is 4. The zero-order valence-corrected chi connectivity index (χ0v) is 5.71. The lowest BCUT2D eigenvalue weighted by molar-refractivity contribution is -0.132. The van der Waals surface area contributed by atoms with Crippen molar-refractivity contribution in [3.05, 3.63) is 24.8 Å². The summed E-state index contributed by atoms with van der Waals surface area (Å²) in [4.78, 5) is 10.2. The maximum atomic E-state index is 10.2. The normalized spacial score (nSPS) is 12.1. The van der Waals surface area contributed by atoms with Gasteiger partial charge in [0.1, 0.15) is 0 Å². The van der Waals surface area contributed by atoms with Crippen LogP contribution >= 0.6 is 0 Å². The number of hydrogen-bond donors (Lipinski definition) is 2. The first-order valence-electron chi connectivity index (χ1n) is 2.87. The Morgan fingerprint density at radius 2 is 2.30 bits per heavy atom. The minimum Gasteiger partial charge on any atom is -0.478 e. The van der Waals surface area contributed by atoms with Crippen LogP contribution in [0.5, 0.6) is 0 Å². The molecule has 3 nitrogen and oxygen atoms in total. The van der Waals surface area contributed by atoms with Crippen molar-refractivity contribution < 1.29 is 9.90 Å². The van der Waals surface area contributed by atoms with E-state index in [-0.39, 0.29) is 18.0 Å². The first-order valence-corrected chi connectivity index (χ1v) is 2.87. The summed E-state index contributed by atoms with van der Waals surface area (Å²) in [5.74, 6) is -1.00. The predicted molar refractivity (Wildman–Crippen MR) is 39.6 cm³/mol. The number of aliphatic carboxylic acids is 1. The minimum absolute atomic E-state index is 0.118. The Morgan fingerprint density at radius 1 is 1.80 bits per heavy atom. The van der Waals surface area contributed by atoms with Gasteiger partial charge in [-0.25, -0.2) is 4.79 Å². The van der Waals surface area contributed by atoms with Gasteiger partial charge in [0, 0.05) is 11.6 Å². The molecule has 0 spiro atoms. The van der Waals surface area contributed by atoms with Gasteiger partial charge < -0.3 is 10.8 Å². The molecule has 0 aliphatic heterocycles. The average Bonchev–Trinajstić information content (AvgIpc) is 1.87. The van der Waals surface area contributed by atoms with Crippen molar-refractivity contribution in [2.24, 2.45) is 5.73 Å². The monoisotopic (exact) mass is 141 g/mol. The highest BCUT2D eigenvalue weighted by molar-refractivity contribution is 5.85. The quantitative estimate of drug-likeness (QED) is 0.443. The highest BCUT2D eigenvalue weighted by Crippen LogP contribution is 2.00. The molecule has 3 heteroatoms. The second kappa shape index (κ2) is 3.85. The third kappa shape index (κ3) is 3.04. The summed E-state index contributed by atoms with van der Waals surface area (Å²) in [7, 11) is 0. The van der Waals surface area contributed by atoms with E-state index in [0.717, 1.165) is 0 Å². The molecule has 10 heavy (non-hydrogen) atoms. The number of hydrogen-bond acceptors (Lipinski definition) is 2. The fourth-order valence-corrected chi connectivity index (χ4v) is 0.455. The Labute approximate surface area is 59.8 Å². The van der Waals surface area contributed by atoms with E-state index in [0.29, 0.717) is 0 Å². The molecule has 0 saturated heterocycles. The molecule has 0 aromatic heterocycles. The van der Waals surface area contributed by atoms with Gasteiger partial charge in [-0.1, -0.05) is 12.7 Å². The Hall–Kier alpha value is -1.09. The van der Waals surface area contributed by atoms with E-state index in [1.807, 2.05) is 0 Å². The lowest BCUT2D eigenvalue weighted by atomic mass is 10.1. The number of nitrogens with two attached hydrogens (primary N) is 1. The van der Waals surface area contributed by atoms with Gasteiger partial charge >= 0.3 is 5.97 Å². The van der Waals surface area contributed by atoms with E-state index >= 15 is 0 Å². The van der Waals surface area contributed by atoms with Gasteiger partial charge in [0.2, 0.25) is 0 Å². The molecule has 0 aliphatic carbocycles. The van der Waals surface area contributed by atoms with Gasteiger partial charge in [-0.15, -0.1) is 6.58 Å². The lowest BCUT2D eigenvalue weighted by Gasteiger charge is -2.03. The van der Waals surface area contributed by atoms with Gasteiger partial charge in [0.15, 0.2) is 0 Å². The summed E-state index contributed by atoms with van der Waals surface area (Å²) in [6.45, 7) is 6.73. The lowest BCUT2D eigenvalue weighted by Crippen LogP contribution is -2.19. The van der Waals surface area contributed by atoms with E-state index in [4.69, 9.17) is 10.8 Å². The maximum Gasteiger partial charge on any atom is 0.331 e. The summed E-state index contributed by atoms with van der Waals surface area (Å²) in [6.07, 6.45) is 1.76. The Morgan fingerprint density at radius 3 is 2.60 bits per heavy atom. The molecule has 0 fully saturated rings. The summed E-state index contributed by atoms with van der Waals surface area (Å²) >= 11 is 0. The van der Waals surface area contributed by atoms with Crippen molar-refractivity contribution in [3.63, 3.8) is 0 Å². The van der Waals surface area contributed by atoms with E-state index in [9.17, 15) is 4.79 Å². The van der Waals surface area contributed by atoms with Crippen LogP contribution in [0.1, 0.15) is 6.42 Å². The van der Waals surface area contributed by atoms with Crippen molar-refractivity contribution in [2.45, 2.75) is 12.5 Å². The third-order valence-corrected chi connectivity index (χ3v) is 1.09. The largest absolute Gasteiger partial charge is 0.478 e. The molecule has 0 amide bonds. The van der Waals surface area contributed by atoms with Crippen molar-refractivity contribution in [3.8, 4) is 0 Å². The third-order valence-electron chi connectivity index (χ3n) is 1.09. The Bertz CT molecular complexity index is 163. The van der Waals surface area contributed by atoms with Gasteiger partial charge in [-0.3, -0.25) is 0 Å². The van der Waals surface area contributed by atoms with Crippen LogP contribution in [0.3, 0.4) is 0 Å². The van der Waals surface area contributed by atoms with Crippen LogP contribution in [-0.4, -0.2) is 17.1 Å². The van der Waals surface area contributed by atoms with Crippen LogP contribution in [0, 0.1) is 0 Å². The maximum absolute atomic E-state index is 10.2. The van der Waals surface area contributed by atoms with E-state index in [2.05, 4.69) is 13.2 Å². The smallest absolute Gasteiger partial charge is 0.331 e. The first-order chi connectivity index (χ1) is 4.57. The summed E-state index contributed by atoms with van der Waals surface area (Å²) in [6, 6.07) is -0.302. The van der Waals surface area contributed by atoms with Crippen LogP contribution < -0.4 is 5.73 Å². The van der Waals surface area contributed by atoms with Gasteiger partial charge in [0.05, 0.1) is 0 Å². The van der Waals surface area contributed by atoms with Crippen molar-refractivity contribution in [1.82, 2.24) is 0 Å². The zero-order chi connectivity index (χ0) is 8.15. The highest BCUT2D eigenvalue weighted by Gasteiger charge is 2.06. The van der Waals surface area contributed by atoms with Crippen molar-refractivity contribution in [2.75, 3.05) is 0 Å². The minimum atomic E-state index is -1.00. The number of carbonyl (C=O) groups is 1. The van der Waals surface area contributed by atoms with E-state index in [1.165, 1.54) is 6.08 Å². The topological polar surface area (TPSA) is 63.3 Å². The molecule has 0 radical (unpaired) electrons. The first kappa shape index (κ1) is 8.91. The molecular formula is C7H11NO2. The van der Waals surface area contributed by atoms with Crippen molar-refractivity contribution in [1.29, 1.82) is 0 Å². The molecule has 0 rings (SSSR count). The van der Waals surface area contributed by atoms with Gasteiger partial charge in [0.25, 0.3) is 0 Å². The molecule has 0 bridgehead atoms. The molecule has 3 N–H and O–H groups in total. The van der Waals surface area contributed by atoms with Crippen LogP contribution in [0.15, 0.2) is 24.8 Å². The fourth-order valence-electron chi connectivity index (χ4n) is 0.455. The molecule has 0 aromatic carbocycles. The average molecular weight is 141 g/mol. The molecular weight excluding hydrogens is 130 g/mol. The molecule has 0 aliphatic rings. The highest BCUT2D eigenvalue weighted by atomic mass is 16.4. The fraction of sp³-hybridized carbons (Fsp3) is 0.286. The van der Waals surface area contributed by atoms with E-state index in [1.54, 1.807) is 0 Å². The Kier molecular flexibility index (Phi) is 3.43. The molecule has 1 atom stereocenters. The summed E-state index contributed by atoms with van der Waals surface area (Å²) in [5, 5.41) is 8.34. The van der Waals surface area contributed by atoms with Gasteiger partial charge in [-0.2, -0.15) is 0 Å². The summed E-state index contributed by atoms with van der Waals surface area (Å²) in [5.41, 5.74) is 5.49. The molecule has 0 aromatic rings. The van der Waals surface area contributed by atoms with E-state index < -0.39 is 5.97 Å². The van der Waals surface area contributed by atoms with Crippen molar-refractivity contribution >= 4 is 5.97 Å². The Balaban J connectivity index is 3.79. The molecule has 0 saturated carbocycles. The standard InChI is InChI=1S/C7H11NO2/c1-3-6(8)4-5(2)7(9)10/h3,6H,1-2,4,8H2,(H,9,10). The molecule has 1 unspecified atom stereocenters. The second-order valence-corrected chi connectivity index (χ2v) is 2.01.